The van der Waals surface area contributed by atoms with Crippen LogP contribution in [-0.4, -0.2) is 30.3 Å². The quantitative estimate of drug-likeness (QED) is 0.742. The number of hydrogen-bond acceptors (Lipinski definition) is 1. The van der Waals surface area contributed by atoms with E-state index in [1.807, 2.05) is 35.2 Å². The molecule has 0 aromatic heterocycles. The molecular weight excluding hydrogens is 196 g/mol. The fourth-order valence-corrected chi connectivity index (χ4v) is 2.00. The van der Waals surface area contributed by atoms with Crippen LogP contribution in [-0.2, 0) is 6.54 Å². The molecule has 1 nitrogen and oxygen atoms in total. The second kappa shape index (κ2) is 4.27. The van der Waals surface area contributed by atoms with Gasteiger partial charge in [-0.2, -0.15) is 0 Å². The van der Waals surface area contributed by atoms with Gasteiger partial charge in [-0.25, -0.2) is 8.78 Å². The highest BCUT2D eigenvalue weighted by Gasteiger charge is 2.38. The lowest BCUT2D eigenvalue weighted by Gasteiger charge is -2.17. The maximum absolute atomic E-state index is 13.6. The standard InChI is InChI=1S/C12H15F2N/c13-9-12(14)6-7-15(10-12)8-11-4-2-1-3-5-11/h1-5H,6-10H2. The molecule has 1 saturated heterocycles. The van der Waals surface area contributed by atoms with Gasteiger partial charge in [0.1, 0.15) is 6.67 Å². The van der Waals surface area contributed by atoms with E-state index >= 15 is 0 Å². The zero-order valence-corrected chi connectivity index (χ0v) is 8.63. The molecule has 2 rings (SSSR count). The average Bonchev–Trinajstić information content (AvgIpc) is 2.63. The van der Waals surface area contributed by atoms with Gasteiger partial charge in [0.05, 0.1) is 0 Å². The van der Waals surface area contributed by atoms with Crippen LogP contribution < -0.4 is 0 Å². The highest BCUT2D eigenvalue weighted by Crippen LogP contribution is 2.27. The van der Waals surface area contributed by atoms with Crippen LogP contribution in [0.4, 0.5) is 8.78 Å². The molecule has 1 aliphatic heterocycles. The Morgan fingerprint density at radius 2 is 2.00 bits per heavy atom. The number of halogens is 2. The molecule has 15 heavy (non-hydrogen) atoms. The van der Waals surface area contributed by atoms with E-state index in [0.29, 0.717) is 19.5 Å². The SMILES string of the molecule is FCC1(F)CCN(Cc2ccccc2)C1. The Morgan fingerprint density at radius 1 is 1.27 bits per heavy atom. The van der Waals surface area contributed by atoms with Crippen LogP contribution in [0, 0.1) is 0 Å². The van der Waals surface area contributed by atoms with E-state index in [4.69, 9.17) is 0 Å². The maximum atomic E-state index is 13.6. The summed E-state index contributed by atoms with van der Waals surface area (Å²) in [4.78, 5) is 1.97. The molecule has 0 N–H and O–H groups in total. The Bertz CT molecular complexity index is 315. The van der Waals surface area contributed by atoms with Gasteiger partial charge in [0.25, 0.3) is 0 Å². The number of likely N-dealkylation sites (tertiary alicyclic amines) is 1. The smallest absolute Gasteiger partial charge is 0.153 e. The number of rotatable bonds is 3. The van der Waals surface area contributed by atoms with Crippen LogP contribution in [0.2, 0.25) is 0 Å². The monoisotopic (exact) mass is 211 g/mol. The third kappa shape index (κ3) is 2.53. The zero-order valence-electron chi connectivity index (χ0n) is 8.63. The van der Waals surface area contributed by atoms with E-state index in [9.17, 15) is 8.78 Å². The van der Waals surface area contributed by atoms with Gasteiger partial charge in [0.15, 0.2) is 5.67 Å². The van der Waals surface area contributed by atoms with Crippen molar-refractivity contribution < 1.29 is 8.78 Å². The van der Waals surface area contributed by atoms with Gasteiger partial charge in [0.2, 0.25) is 0 Å². The molecule has 0 amide bonds. The Labute approximate surface area is 88.7 Å². The van der Waals surface area contributed by atoms with Crippen molar-refractivity contribution in [2.24, 2.45) is 0 Å². The van der Waals surface area contributed by atoms with Gasteiger partial charge >= 0.3 is 0 Å². The molecule has 82 valence electrons. The average molecular weight is 211 g/mol. The van der Waals surface area contributed by atoms with Crippen molar-refractivity contribution in [2.45, 2.75) is 18.6 Å². The van der Waals surface area contributed by atoms with Crippen molar-refractivity contribution in [2.75, 3.05) is 19.8 Å². The summed E-state index contributed by atoms with van der Waals surface area (Å²) in [6.45, 7) is 0.721. The van der Waals surface area contributed by atoms with Crippen molar-refractivity contribution in [3.05, 3.63) is 35.9 Å². The fourth-order valence-electron chi connectivity index (χ4n) is 2.00. The molecule has 1 aliphatic rings. The Balaban J connectivity index is 1.93. The molecule has 1 aromatic carbocycles. The van der Waals surface area contributed by atoms with Crippen molar-refractivity contribution in [3.8, 4) is 0 Å². The van der Waals surface area contributed by atoms with Gasteiger partial charge in [-0.05, 0) is 12.0 Å². The van der Waals surface area contributed by atoms with Crippen LogP contribution in [0.25, 0.3) is 0 Å². The first-order valence-corrected chi connectivity index (χ1v) is 5.23. The first kappa shape index (κ1) is 10.6. The van der Waals surface area contributed by atoms with Gasteiger partial charge in [0, 0.05) is 19.6 Å². The topological polar surface area (TPSA) is 3.24 Å². The largest absolute Gasteiger partial charge is 0.296 e. The van der Waals surface area contributed by atoms with E-state index in [0.717, 1.165) is 5.56 Å². The number of hydrogen-bond donors (Lipinski definition) is 0. The third-order valence-corrected chi connectivity index (χ3v) is 2.87. The van der Waals surface area contributed by atoms with E-state index in [1.54, 1.807) is 0 Å². The molecular formula is C12H15F2N. The van der Waals surface area contributed by atoms with Gasteiger partial charge in [-0.15, -0.1) is 0 Å². The molecule has 1 fully saturated rings. The van der Waals surface area contributed by atoms with Crippen molar-refractivity contribution in [1.82, 2.24) is 4.90 Å². The summed E-state index contributed by atoms with van der Waals surface area (Å²) in [6.07, 6.45) is 0.316. The lowest BCUT2D eigenvalue weighted by atomic mass is 10.1. The molecule has 0 radical (unpaired) electrons. The van der Waals surface area contributed by atoms with E-state index in [-0.39, 0.29) is 6.54 Å². The highest BCUT2D eigenvalue weighted by atomic mass is 19.2. The molecule has 0 aliphatic carbocycles. The molecule has 0 spiro atoms. The Morgan fingerprint density at radius 3 is 2.60 bits per heavy atom. The minimum absolute atomic E-state index is 0.221. The molecule has 0 bridgehead atoms. The molecule has 1 heterocycles. The lowest BCUT2D eigenvalue weighted by molar-refractivity contribution is 0.124. The summed E-state index contributed by atoms with van der Waals surface area (Å²) in [5, 5.41) is 0. The van der Waals surface area contributed by atoms with E-state index in [2.05, 4.69) is 0 Å². The van der Waals surface area contributed by atoms with Gasteiger partial charge in [-0.1, -0.05) is 30.3 Å². The molecule has 1 unspecified atom stereocenters. The predicted molar refractivity (Wildman–Crippen MR) is 56.2 cm³/mol. The fraction of sp³-hybridized carbons (Fsp3) is 0.500. The number of alkyl halides is 2. The van der Waals surface area contributed by atoms with Crippen LogP contribution in [0.3, 0.4) is 0 Å². The first-order valence-electron chi connectivity index (χ1n) is 5.23. The lowest BCUT2D eigenvalue weighted by Crippen LogP contribution is -2.30. The highest BCUT2D eigenvalue weighted by molar-refractivity contribution is 5.14. The molecule has 1 aromatic rings. The van der Waals surface area contributed by atoms with Gasteiger partial charge < -0.3 is 0 Å². The van der Waals surface area contributed by atoms with Crippen LogP contribution in [0.15, 0.2) is 30.3 Å². The van der Waals surface area contributed by atoms with Crippen LogP contribution >= 0.6 is 0 Å². The minimum Gasteiger partial charge on any atom is -0.296 e. The maximum Gasteiger partial charge on any atom is 0.153 e. The summed E-state index contributed by atoms with van der Waals surface area (Å²) in [7, 11) is 0. The molecule has 1 atom stereocenters. The predicted octanol–water partition coefficient (Wildman–Crippen LogP) is 2.57. The molecule has 3 heteroatoms. The normalized spacial score (nSPS) is 27.1. The third-order valence-electron chi connectivity index (χ3n) is 2.87. The van der Waals surface area contributed by atoms with Gasteiger partial charge in [-0.3, -0.25) is 4.90 Å². The van der Waals surface area contributed by atoms with Crippen molar-refractivity contribution in [1.29, 1.82) is 0 Å². The summed E-state index contributed by atoms with van der Waals surface area (Å²) in [5.74, 6) is 0. The van der Waals surface area contributed by atoms with E-state index in [1.165, 1.54) is 0 Å². The minimum atomic E-state index is -1.60. The Hall–Kier alpha value is -0.960. The number of nitrogens with zero attached hydrogens (tertiary/aromatic N) is 1. The van der Waals surface area contributed by atoms with Crippen LogP contribution in [0.1, 0.15) is 12.0 Å². The second-order valence-corrected chi connectivity index (χ2v) is 4.23. The zero-order chi connectivity index (χ0) is 10.7. The van der Waals surface area contributed by atoms with E-state index < -0.39 is 12.3 Å². The Kier molecular flexibility index (Phi) is 3.00. The second-order valence-electron chi connectivity index (χ2n) is 4.23. The van der Waals surface area contributed by atoms with Crippen molar-refractivity contribution in [3.63, 3.8) is 0 Å². The summed E-state index contributed by atoms with van der Waals surface area (Å²) in [5.41, 5.74) is -0.449. The summed E-state index contributed by atoms with van der Waals surface area (Å²) >= 11 is 0. The summed E-state index contributed by atoms with van der Waals surface area (Å²) in [6, 6.07) is 9.89. The summed E-state index contributed by atoms with van der Waals surface area (Å²) < 4.78 is 26.0. The molecule has 0 saturated carbocycles. The van der Waals surface area contributed by atoms with Crippen molar-refractivity contribution >= 4 is 0 Å². The first-order chi connectivity index (χ1) is 7.22. The number of benzene rings is 1. The van der Waals surface area contributed by atoms with Crippen LogP contribution in [0.5, 0.6) is 0 Å².